The molecule has 28 heavy (non-hydrogen) atoms. The Bertz CT molecular complexity index is 923. The number of benzene rings is 1. The van der Waals surface area contributed by atoms with Crippen LogP contribution in [0.3, 0.4) is 0 Å². The summed E-state index contributed by atoms with van der Waals surface area (Å²) in [5, 5.41) is 10.4. The molecule has 0 aliphatic heterocycles. The normalized spacial score (nSPS) is 23.2. The summed E-state index contributed by atoms with van der Waals surface area (Å²) in [4.78, 5) is 25.4. The number of aromatic nitrogens is 2. The number of fused-ring (bicyclic) bond motifs is 2. The van der Waals surface area contributed by atoms with Crippen LogP contribution < -0.4 is 10.6 Å². The molecule has 3 atom stereocenters. The Kier molecular flexibility index (Phi) is 5.02. The highest BCUT2D eigenvalue weighted by Crippen LogP contribution is 2.44. The van der Waals surface area contributed by atoms with Gasteiger partial charge in [-0.15, -0.1) is 0 Å². The lowest BCUT2D eigenvalue weighted by Gasteiger charge is -2.22. The second-order valence-electron chi connectivity index (χ2n) is 7.95. The monoisotopic (exact) mass is 384 g/mol. The largest absolute Gasteiger partial charge is 0.309 e. The van der Waals surface area contributed by atoms with Crippen molar-refractivity contribution in [3.8, 4) is 0 Å². The Balaban J connectivity index is 1.48. The molecule has 2 saturated carbocycles. The van der Waals surface area contributed by atoms with Gasteiger partial charge in [-0.1, -0.05) is 18.6 Å². The number of rotatable bonds is 6. The molecule has 1 aromatic carbocycles. The van der Waals surface area contributed by atoms with Crippen LogP contribution in [0.15, 0.2) is 24.3 Å². The van der Waals surface area contributed by atoms with Crippen LogP contribution in [0.2, 0.25) is 0 Å². The van der Waals surface area contributed by atoms with E-state index in [0.717, 1.165) is 12.3 Å². The predicted molar refractivity (Wildman–Crippen MR) is 104 cm³/mol. The van der Waals surface area contributed by atoms with Gasteiger partial charge in [-0.25, -0.2) is 4.39 Å². The van der Waals surface area contributed by atoms with Crippen molar-refractivity contribution in [1.29, 1.82) is 0 Å². The van der Waals surface area contributed by atoms with Crippen molar-refractivity contribution in [2.24, 2.45) is 18.9 Å². The second-order valence-corrected chi connectivity index (χ2v) is 7.95. The minimum atomic E-state index is -0.592. The first-order chi connectivity index (χ1) is 13.4. The minimum Gasteiger partial charge on any atom is -0.309 e. The smallest absolute Gasteiger partial charge is 0.239 e. The number of nitrogens with one attached hydrogen (secondary N) is 2. The highest BCUT2D eigenvalue weighted by molar-refractivity contribution is 6.14. The number of halogens is 1. The predicted octanol–water partition coefficient (Wildman–Crippen LogP) is 2.82. The average Bonchev–Trinajstić information content (AvgIpc) is 3.35. The quantitative estimate of drug-likeness (QED) is 0.751. The third kappa shape index (κ3) is 3.46. The van der Waals surface area contributed by atoms with Crippen LogP contribution in [-0.2, 0) is 11.8 Å². The molecule has 2 N–H and O–H groups in total. The molecule has 0 saturated heterocycles. The first kappa shape index (κ1) is 18.8. The van der Waals surface area contributed by atoms with Crippen molar-refractivity contribution in [2.75, 3.05) is 11.9 Å². The Hall–Kier alpha value is -2.54. The lowest BCUT2D eigenvalue weighted by Crippen LogP contribution is -2.39. The minimum absolute atomic E-state index is 0.0331. The van der Waals surface area contributed by atoms with Gasteiger partial charge in [0.05, 0.1) is 23.4 Å². The highest BCUT2D eigenvalue weighted by atomic mass is 19.1. The fourth-order valence-electron chi connectivity index (χ4n) is 4.75. The molecule has 2 fully saturated rings. The molecule has 6 nitrogen and oxygen atoms in total. The summed E-state index contributed by atoms with van der Waals surface area (Å²) in [5.41, 5.74) is 0.641. The summed E-state index contributed by atoms with van der Waals surface area (Å²) in [6, 6.07) is 6.23. The number of aryl methyl sites for hydroxylation is 2. The Labute approximate surface area is 163 Å². The van der Waals surface area contributed by atoms with Gasteiger partial charge in [-0.3, -0.25) is 14.3 Å². The molecular formula is C21H25FN4O2. The fraction of sp³-hybridized carbons (Fsp3) is 0.476. The number of carbonyl (C=O) groups excluding carboxylic acids is 2. The van der Waals surface area contributed by atoms with E-state index in [2.05, 4.69) is 15.7 Å². The Morgan fingerprint density at radius 2 is 2.04 bits per heavy atom. The van der Waals surface area contributed by atoms with E-state index in [1.165, 1.54) is 42.1 Å². The molecule has 1 heterocycles. The van der Waals surface area contributed by atoms with Crippen molar-refractivity contribution in [3.63, 3.8) is 0 Å². The molecule has 4 rings (SSSR count). The summed E-state index contributed by atoms with van der Waals surface area (Å²) in [7, 11) is 1.66. The molecular weight excluding hydrogens is 359 g/mol. The van der Waals surface area contributed by atoms with Gasteiger partial charge in [0.2, 0.25) is 11.7 Å². The van der Waals surface area contributed by atoms with Gasteiger partial charge in [-0.2, -0.15) is 5.10 Å². The summed E-state index contributed by atoms with van der Waals surface area (Å²) >= 11 is 0. The summed E-state index contributed by atoms with van der Waals surface area (Å²) in [6.07, 6.45) is 4.96. The molecule has 2 bridgehead atoms. The number of nitrogens with zero attached hydrogens (tertiary/aromatic N) is 2. The number of ketones is 1. The maximum absolute atomic E-state index is 14.1. The first-order valence-corrected chi connectivity index (χ1v) is 9.80. The Morgan fingerprint density at radius 3 is 2.71 bits per heavy atom. The van der Waals surface area contributed by atoms with Gasteiger partial charge >= 0.3 is 0 Å². The summed E-state index contributed by atoms with van der Waals surface area (Å²) in [5.74, 6) is 0.468. The lowest BCUT2D eigenvalue weighted by atomic mass is 9.95. The third-order valence-electron chi connectivity index (χ3n) is 6.09. The van der Waals surface area contributed by atoms with Gasteiger partial charge in [0.25, 0.3) is 0 Å². The Morgan fingerprint density at radius 1 is 1.25 bits per heavy atom. The maximum atomic E-state index is 14.1. The van der Waals surface area contributed by atoms with Crippen LogP contribution in [0.25, 0.3) is 0 Å². The molecule has 2 aliphatic rings. The van der Waals surface area contributed by atoms with E-state index in [4.69, 9.17) is 0 Å². The van der Waals surface area contributed by atoms with E-state index >= 15 is 0 Å². The van der Waals surface area contributed by atoms with Gasteiger partial charge in [0, 0.05) is 13.1 Å². The van der Waals surface area contributed by atoms with E-state index in [9.17, 15) is 14.0 Å². The number of carbonyl (C=O) groups is 2. The summed E-state index contributed by atoms with van der Waals surface area (Å²) < 4.78 is 15.5. The van der Waals surface area contributed by atoms with Crippen molar-refractivity contribution in [1.82, 2.24) is 15.1 Å². The first-order valence-electron chi connectivity index (χ1n) is 9.80. The van der Waals surface area contributed by atoms with Gasteiger partial charge < -0.3 is 10.6 Å². The van der Waals surface area contributed by atoms with Gasteiger partial charge in [0.15, 0.2) is 0 Å². The van der Waals surface area contributed by atoms with Crippen molar-refractivity contribution >= 4 is 17.5 Å². The molecule has 0 spiro atoms. The van der Waals surface area contributed by atoms with E-state index in [-0.39, 0.29) is 23.6 Å². The van der Waals surface area contributed by atoms with Crippen LogP contribution in [0.4, 0.5) is 10.2 Å². The fourth-order valence-corrected chi connectivity index (χ4v) is 4.75. The van der Waals surface area contributed by atoms with Crippen LogP contribution in [0, 0.1) is 24.6 Å². The van der Waals surface area contributed by atoms with Crippen LogP contribution in [0.1, 0.15) is 47.3 Å². The zero-order chi connectivity index (χ0) is 19.8. The molecule has 148 valence electrons. The van der Waals surface area contributed by atoms with E-state index in [1.807, 2.05) is 0 Å². The second kappa shape index (κ2) is 7.47. The molecule has 2 aromatic rings. The number of anilines is 1. The van der Waals surface area contributed by atoms with Crippen LogP contribution in [0.5, 0.6) is 0 Å². The number of amides is 1. The van der Waals surface area contributed by atoms with Crippen molar-refractivity contribution < 1.29 is 14.0 Å². The van der Waals surface area contributed by atoms with E-state index < -0.39 is 11.6 Å². The van der Waals surface area contributed by atoms with E-state index in [1.54, 1.807) is 20.0 Å². The number of hydrogen-bond donors (Lipinski definition) is 2. The van der Waals surface area contributed by atoms with Gasteiger partial charge in [-0.05, 0) is 50.2 Å². The zero-order valence-electron chi connectivity index (χ0n) is 16.2. The molecule has 3 unspecified atom stereocenters. The molecule has 2 aliphatic carbocycles. The molecule has 1 aromatic heterocycles. The van der Waals surface area contributed by atoms with Crippen molar-refractivity contribution in [2.45, 2.75) is 38.6 Å². The van der Waals surface area contributed by atoms with Gasteiger partial charge in [0.1, 0.15) is 11.6 Å². The molecule has 7 heteroatoms. The SMILES string of the molecule is Cc1nn(C)c(NC(=O)CNC2CC3CCC2C3)c1C(=O)c1ccccc1F. The molecule has 0 radical (unpaired) electrons. The van der Waals surface area contributed by atoms with Crippen LogP contribution in [-0.4, -0.2) is 34.1 Å². The third-order valence-corrected chi connectivity index (χ3v) is 6.09. The summed E-state index contributed by atoms with van der Waals surface area (Å²) in [6.45, 7) is 1.86. The van der Waals surface area contributed by atoms with Crippen LogP contribution >= 0.6 is 0 Å². The number of hydrogen-bond acceptors (Lipinski definition) is 4. The topological polar surface area (TPSA) is 76.0 Å². The highest BCUT2D eigenvalue weighted by Gasteiger charge is 2.39. The standard InChI is InChI=1S/C21H25FN4O2/c1-12-19(20(28)15-5-3-4-6-16(15)22)21(26(2)25-12)24-18(27)11-23-17-10-13-7-8-14(17)9-13/h3-6,13-14,17,23H,7-11H2,1-2H3,(H,24,27). The van der Waals surface area contributed by atoms with E-state index in [0.29, 0.717) is 23.5 Å². The zero-order valence-corrected chi connectivity index (χ0v) is 16.2. The van der Waals surface area contributed by atoms with Crippen molar-refractivity contribution in [3.05, 3.63) is 46.9 Å². The lowest BCUT2D eigenvalue weighted by molar-refractivity contribution is -0.115. The molecule has 1 amide bonds. The average molecular weight is 384 g/mol. The maximum Gasteiger partial charge on any atom is 0.239 e.